The van der Waals surface area contributed by atoms with Gasteiger partial charge in [0.1, 0.15) is 0 Å². The fourth-order valence-corrected chi connectivity index (χ4v) is 2.17. The molecule has 5 heteroatoms. The van der Waals surface area contributed by atoms with Gasteiger partial charge in [0.15, 0.2) is 5.78 Å². The van der Waals surface area contributed by atoms with Crippen LogP contribution in [0, 0.1) is 0 Å². The van der Waals surface area contributed by atoms with E-state index >= 15 is 0 Å². The predicted molar refractivity (Wildman–Crippen MR) is 69.0 cm³/mol. The van der Waals surface area contributed by atoms with Gasteiger partial charge in [-0.25, -0.2) is 8.42 Å². The second-order valence-corrected chi connectivity index (χ2v) is 6.76. The molecule has 0 aliphatic carbocycles. The summed E-state index contributed by atoms with van der Waals surface area (Å²) in [5.41, 5.74) is 1.71. The molecule has 0 aromatic heterocycles. The van der Waals surface area contributed by atoms with Gasteiger partial charge in [-0.3, -0.25) is 4.79 Å². The summed E-state index contributed by atoms with van der Waals surface area (Å²) in [7, 11) is 1.46. The number of benzene rings is 1. The molecule has 1 aromatic carbocycles. The Hall–Kier alpha value is -0.870. The van der Waals surface area contributed by atoms with Crippen LogP contribution in [0.5, 0.6) is 0 Å². The third kappa shape index (κ3) is 5.33. The van der Waals surface area contributed by atoms with Crippen molar-refractivity contribution in [2.75, 3.05) is 5.75 Å². The molecule has 0 bridgehead atoms. The molecule has 17 heavy (non-hydrogen) atoms. The lowest BCUT2D eigenvalue weighted by atomic mass is 10.0. The fourth-order valence-electron chi connectivity index (χ4n) is 1.50. The molecule has 94 valence electrons. The molecule has 0 unspecified atom stereocenters. The highest BCUT2D eigenvalue weighted by Crippen LogP contribution is 2.10. The van der Waals surface area contributed by atoms with Crippen LogP contribution >= 0.6 is 10.7 Å². The van der Waals surface area contributed by atoms with Crippen LogP contribution in [0.25, 0.3) is 0 Å². The number of Topliss-reactive ketones (excluding diaryl/α,β-unsaturated/α-hetero) is 1. The quantitative estimate of drug-likeness (QED) is 0.592. The molecular formula is C12H15ClO3S. The summed E-state index contributed by atoms with van der Waals surface area (Å²) in [6.07, 6.45) is 1.96. The first-order valence-corrected chi connectivity index (χ1v) is 7.94. The van der Waals surface area contributed by atoms with Crippen LogP contribution in [0.3, 0.4) is 0 Å². The predicted octanol–water partition coefficient (Wildman–Crippen LogP) is 2.78. The molecule has 0 fully saturated rings. The number of aryl methyl sites for hydroxylation is 1. The van der Waals surface area contributed by atoms with Crippen LogP contribution in [0.15, 0.2) is 24.3 Å². The van der Waals surface area contributed by atoms with E-state index in [9.17, 15) is 13.2 Å². The van der Waals surface area contributed by atoms with Crippen molar-refractivity contribution in [3.05, 3.63) is 35.4 Å². The molecule has 0 saturated heterocycles. The first-order chi connectivity index (χ1) is 7.92. The molecule has 1 aromatic rings. The zero-order chi connectivity index (χ0) is 12.9. The molecule has 0 radical (unpaired) electrons. The Morgan fingerprint density at radius 3 is 2.29 bits per heavy atom. The lowest BCUT2D eigenvalue weighted by Gasteiger charge is -2.02. The van der Waals surface area contributed by atoms with Crippen molar-refractivity contribution in [1.82, 2.24) is 0 Å². The summed E-state index contributed by atoms with van der Waals surface area (Å²) in [5, 5.41) is 0. The van der Waals surface area contributed by atoms with Gasteiger partial charge >= 0.3 is 0 Å². The van der Waals surface area contributed by atoms with E-state index in [1.807, 2.05) is 12.1 Å². The molecule has 0 amide bonds. The number of carbonyl (C=O) groups is 1. The van der Waals surface area contributed by atoms with Crippen LogP contribution in [0.4, 0.5) is 0 Å². The molecular weight excluding hydrogens is 260 g/mol. The Kier molecular flexibility index (Phi) is 5.15. The molecule has 0 spiro atoms. The second-order valence-electron chi connectivity index (χ2n) is 3.86. The van der Waals surface area contributed by atoms with Gasteiger partial charge in [-0.15, -0.1) is 0 Å². The standard InChI is InChI=1S/C12H15ClO3S/c1-2-3-10-4-6-11(7-5-10)12(14)8-9-17(13,15)16/h4-7H,2-3,8-9H2,1H3. The monoisotopic (exact) mass is 274 g/mol. The first-order valence-electron chi connectivity index (χ1n) is 5.47. The normalized spacial score (nSPS) is 11.4. The van der Waals surface area contributed by atoms with Crippen molar-refractivity contribution in [3.63, 3.8) is 0 Å². The molecule has 0 saturated carbocycles. The van der Waals surface area contributed by atoms with Gasteiger partial charge in [0.25, 0.3) is 0 Å². The fraction of sp³-hybridized carbons (Fsp3) is 0.417. The van der Waals surface area contributed by atoms with Gasteiger partial charge in [-0.1, -0.05) is 37.6 Å². The summed E-state index contributed by atoms with van der Waals surface area (Å²) in [4.78, 5) is 11.6. The van der Waals surface area contributed by atoms with Crippen LogP contribution in [-0.2, 0) is 15.5 Å². The maximum absolute atomic E-state index is 11.6. The van der Waals surface area contributed by atoms with E-state index in [0.29, 0.717) is 5.56 Å². The van der Waals surface area contributed by atoms with Crippen molar-refractivity contribution in [1.29, 1.82) is 0 Å². The summed E-state index contributed by atoms with van der Waals surface area (Å²) >= 11 is 0. The largest absolute Gasteiger partial charge is 0.294 e. The minimum atomic E-state index is -3.59. The third-order valence-electron chi connectivity index (χ3n) is 2.39. The van der Waals surface area contributed by atoms with Gasteiger partial charge in [0, 0.05) is 22.7 Å². The summed E-state index contributed by atoms with van der Waals surface area (Å²) in [5.74, 6) is -0.512. The minimum Gasteiger partial charge on any atom is -0.294 e. The Labute approximate surface area is 106 Å². The van der Waals surface area contributed by atoms with E-state index < -0.39 is 9.05 Å². The molecule has 0 atom stereocenters. The van der Waals surface area contributed by atoms with E-state index in [1.165, 1.54) is 5.56 Å². The lowest BCUT2D eigenvalue weighted by Crippen LogP contribution is -2.06. The lowest BCUT2D eigenvalue weighted by molar-refractivity contribution is 0.0989. The van der Waals surface area contributed by atoms with Gasteiger partial charge in [-0.2, -0.15) is 0 Å². The first kappa shape index (κ1) is 14.2. The van der Waals surface area contributed by atoms with Gasteiger partial charge in [0.2, 0.25) is 9.05 Å². The maximum Gasteiger partial charge on any atom is 0.233 e. The smallest absolute Gasteiger partial charge is 0.233 e. The number of hydrogen-bond acceptors (Lipinski definition) is 3. The van der Waals surface area contributed by atoms with Crippen LogP contribution in [0.1, 0.15) is 35.7 Å². The maximum atomic E-state index is 11.6. The topological polar surface area (TPSA) is 51.2 Å². The number of ketones is 1. The third-order valence-corrected chi connectivity index (χ3v) is 3.54. The van der Waals surface area contributed by atoms with Crippen molar-refractivity contribution in [2.45, 2.75) is 26.2 Å². The zero-order valence-corrected chi connectivity index (χ0v) is 11.2. The highest BCUT2D eigenvalue weighted by atomic mass is 35.7. The Bertz CT molecular complexity index is 477. The van der Waals surface area contributed by atoms with Gasteiger partial charge < -0.3 is 0 Å². The van der Waals surface area contributed by atoms with Crippen LogP contribution in [0.2, 0.25) is 0 Å². The SMILES string of the molecule is CCCc1ccc(C(=O)CCS(=O)(=O)Cl)cc1. The van der Waals surface area contributed by atoms with Gasteiger partial charge in [0.05, 0.1) is 5.75 Å². The summed E-state index contributed by atoms with van der Waals surface area (Å²) in [6, 6.07) is 7.25. The number of hydrogen-bond donors (Lipinski definition) is 0. The van der Waals surface area contributed by atoms with Crippen LogP contribution in [-0.4, -0.2) is 20.0 Å². The van der Waals surface area contributed by atoms with E-state index in [-0.39, 0.29) is 18.0 Å². The number of rotatable bonds is 6. The van der Waals surface area contributed by atoms with Crippen molar-refractivity contribution in [3.8, 4) is 0 Å². The Morgan fingerprint density at radius 1 is 1.24 bits per heavy atom. The molecule has 0 N–H and O–H groups in total. The van der Waals surface area contributed by atoms with E-state index in [1.54, 1.807) is 12.1 Å². The van der Waals surface area contributed by atoms with Crippen LogP contribution < -0.4 is 0 Å². The van der Waals surface area contributed by atoms with Crippen molar-refractivity contribution in [2.24, 2.45) is 0 Å². The molecule has 3 nitrogen and oxygen atoms in total. The van der Waals surface area contributed by atoms with Gasteiger partial charge in [-0.05, 0) is 12.0 Å². The summed E-state index contributed by atoms with van der Waals surface area (Å²) in [6.45, 7) is 2.09. The number of halogens is 1. The van der Waals surface area contributed by atoms with E-state index in [2.05, 4.69) is 6.92 Å². The zero-order valence-electron chi connectivity index (χ0n) is 9.65. The van der Waals surface area contributed by atoms with E-state index in [0.717, 1.165) is 12.8 Å². The highest BCUT2D eigenvalue weighted by Gasteiger charge is 2.11. The highest BCUT2D eigenvalue weighted by molar-refractivity contribution is 8.13. The molecule has 0 aliphatic rings. The Balaban J connectivity index is 2.64. The minimum absolute atomic E-state index is 0.0705. The van der Waals surface area contributed by atoms with Crippen molar-refractivity contribution < 1.29 is 13.2 Å². The second kappa shape index (κ2) is 6.17. The summed E-state index contributed by atoms with van der Waals surface area (Å²) < 4.78 is 21.4. The average molecular weight is 275 g/mol. The number of carbonyl (C=O) groups excluding carboxylic acids is 1. The van der Waals surface area contributed by atoms with Crippen molar-refractivity contribution >= 4 is 25.5 Å². The molecule has 0 aliphatic heterocycles. The Morgan fingerprint density at radius 2 is 1.82 bits per heavy atom. The van der Waals surface area contributed by atoms with E-state index in [4.69, 9.17) is 10.7 Å². The molecule has 0 heterocycles. The molecule has 1 rings (SSSR count). The average Bonchev–Trinajstić information content (AvgIpc) is 2.26.